The highest BCUT2D eigenvalue weighted by Crippen LogP contribution is 2.34. The van der Waals surface area contributed by atoms with Crippen molar-refractivity contribution in [1.82, 2.24) is 24.8 Å². The third kappa shape index (κ3) is 3.10. The van der Waals surface area contributed by atoms with Crippen molar-refractivity contribution < 1.29 is 13.9 Å². The van der Waals surface area contributed by atoms with Gasteiger partial charge in [-0.05, 0) is 31.2 Å². The molecule has 0 saturated heterocycles. The van der Waals surface area contributed by atoms with Gasteiger partial charge in [0.05, 0.1) is 18.5 Å². The van der Waals surface area contributed by atoms with Crippen molar-refractivity contribution in [3.8, 4) is 17.0 Å². The number of anilines is 1. The average Bonchev–Trinajstić information content (AvgIpc) is 3.30. The number of nitrogens with zero attached hydrogens (tertiary/aromatic N) is 4. The Morgan fingerprint density at radius 3 is 3.15 bits per heavy atom. The molecule has 0 unspecified atom stereocenters. The SMILES string of the molecule is CCOc1ccc(F)cc1-c1n[nH]cc1NC(=O)c1cnn2cccnc12. The Morgan fingerprint density at radius 2 is 2.30 bits per heavy atom. The maximum atomic E-state index is 13.8. The number of carbonyl (C=O) groups is 1. The maximum absolute atomic E-state index is 13.8. The summed E-state index contributed by atoms with van der Waals surface area (Å²) in [4.78, 5) is 16.9. The fraction of sp³-hybridized carbons (Fsp3) is 0.111. The van der Waals surface area contributed by atoms with Gasteiger partial charge in [-0.25, -0.2) is 13.9 Å². The van der Waals surface area contributed by atoms with Crippen LogP contribution in [0.25, 0.3) is 16.9 Å². The summed E-state index contributed by atoms with van der Waals surface area (Å²) in [6.45, 7) is 2.25. The summed E-state index contributed by atoms with van der Waals surface area (Å²) >= 11 is 0. The molecule has 0 aliphatic rings. The van der Waals surface area contributed by atoms with Gasteiger partial charge in [-0.3, -0.25) is 9.89 Å². The van der Waals surface area contributed by atoms with Gasteiger partial charge in [0.2, 0.25) is 0 Å². The maximum Gasteiger partial charge on any atom is 0.261 e. The second kappa shape index (κ2) is 6.87. The normalized spacial score (nSPS) is 10.9. The summed E-state index contributed by atoms with van der Waals surface area (Å²) < 4.78 is 20.8. The molecule has 0 fully saturated rings. The van der Waals surface area contributed by atoms with Crippen molar-refractivity contribution in [2.24, 2.45) is 0 Å². The number of ether oxygens (including phenoxy) is 1. The van der Waals surface area contributed by atoms with Crippen LogP contribution < -0.4 is 10.1 Å². The summed E-state index contributed by atoms with van der Waals surface area (Å²) in [5.74, 6) is -0.361. The number of amides is 1. The summed E-state index contributed by atoms with van der Waals surface area (Å²) in [5, 5.41) is 13.7. The van der Waals surface area contributed by atoms with Gasteiger partial charge >= 0.3 is 0 Å². The third-order valence-electron chi connectivity index (χ3n) is 3.91. The Labute approximate surface area is 153 Å². The molecule has 1 amide bonds. The number of hydrogen-bond acceptors (Lipinski definition) is 5. The molecule has 8 nitrogen and oxygen atoms in total. The molecule has 0 aliphatic carbocycles. The van der Waals surface area contributed by atoms with Gasteiger partial charge < -0.3 is 10.1 Å². The van der Waals surface area contributed by atoms with E-state index in [1.54, 1.807) is 18.5 Å². The number of rotatable bonds is 5. The number of nitrogens with one attached hydrogen (secondary N) is 2. The second-order valence-corrected chi connectivity index (χ2v) is 5.62. The summed E-state index contributed by atoms with van der Waals surface area (Å²) in [7, 11) is 0. The number of fused-ring (bicyclic) bond motifs is 1. The van der Waals surface area contributed by atoms with E-state index < -0.39 is 11.7 Å². The Bertz CT molecular complexity index is 1120. The smallest absolute Gasteiger partial charge is 0.261 e. The van der Waals surface area contributed by atoms with E-state index in [-0.39, 0.29) is 0 Å². The standard InChI is InChI=1S/C18H15FN6O2/c1-2-27-15-5-4-11(19)8-12(15)16-14(10-21-24-16)23-18(26)13-9-22-25-7-3-6-20-17(13)25/h3-10H,2H2,1H3,(H,21,24)(H,23,26). The van der Waals surface area contributed by atoms with E-state index in [1.807, 2.05) is 6.92 Å². The fourth-order valence-electron chi connectivity index (χ4n) is 2.74. The molecule has 27 heavy (non-hydrogen) atoms. The first-order valence-electron chi connectivity index (χ1n) is 8.23. The number of H-pyrrole nitrogens is 1. The second-order valence-electron chi connectivity index (χ2n) is 5.62. The van der Waals surface area contributed by atoms with Crippen molar-refractivity contribution in [1.29, 1.82) is 0 Å². The molecular weight excluding hydrogens is 351 g/mol. The molecule has 0 bridgehead atoms. The van der Waals surface area contributed by atoms with E-state index in [2.05, 4.69) is 25.6 Å². The minimum atomic E-state index is -0.430. The van der Waals surface area contributed by atoms with Crippen LogP contribution in [-0.4, -0.2) is 37.3 Å². The Morgan fingerprint density at radius 1 is 1.41 bits per heavy atom. The number of benzene rings is 1. The molecule has 4 rings (SSSR count). The van der Waals surface area contributed by atoms with Crippen LogP contribution >= 0.6 is 0 Å². The molecule has 136 valence electrons. The van der Waals surface area contributed by atoms with Gasteiger partial charge in [-0.15, -0.1) is 0 Å². The van der Waals surface area contributed by atoms with Gasteiger partial charge in [0, 0.05) is 24.2 Å². The third-order valence-corrected chi connectivity index (χ3v) is 3.91. The minimum Gasteiger partial charge on any atom is -0.493 e. The molecule has 9 heteroatoms. The van der Waals surface area contributed by atoms with Gasteiger partial charge in [-0.2, -0.15) is 10.2 Å². The molecule has 3 heterocycles. The van der Waals surface area contributed by atoms with Crippen molar-refractivity contribution in [3.05, 3.63) is 60.4 Å². The van der Waals surface area contributed by atoms with E-state index in [1.165, 1.54) is 35.1 Å². The predicted octanol–water partition coefficient (Wildman–Crippen LogP) is 2.91. The van der Waals surface area contributed by atoms with Crippen LogP contribution in [0.4, 0.5) is 10.1 Å². The quantitative estimate of drug-likeness (QED) is 0.566. The van der Waals surface area contributed by atoms with Crippen molar-refractivity contribution in [2.45, 2.75) is 6.92 Å². The zero-order chi connectivity index (χ0) is 18.8. The summed E-state index contributed by atoms with van der Waals surface area (Å²) in [5.41, 5.74) is 1.94. The lowest BCUT2D eigenvalue weighted by Gasteiger charge is -2.10. The Hall–Kier alpha value is -3.75. The molecule has 4 aromatic rings. The zero-order valence-corrected chi connectivity index (χ0v) is 14.3. The van der Waals surface area contributed by atoms with Crippen LogP contribution in [0.2, 0.25) is 0 Å². The first kappa shape index (κ1) is 16.7. The zero-order valence-electron chi connectivity index (χ0n) is 14.3. The fourth-order valence-corrected chi connectivity index (χ4v) is 2.74. The topological polar surface area (TPSA) is 97.2 Å². The first-order valence-corrected chi connectivity index (χ1v) is 8.23. The lowest BCUT2D eigenvalue weighted by molar-refractivity contribution is 0.102. The molecule has 0 atom stereocenters. The van der Waals surface area contributed by atoms with Gasteiger partial charge in [-0.1, -0.05) is 0 Å². The van der Waals surface area contributed by atoms with Crippen LogP contribution in [0.15, 0.2) is 49.1 Å². The molecule has 0 radical (unpaired) electrons. The molecule has 1 aromatic carbocycles. The average molecular weight is 366 g/mol. The highest BCUT2D eigenvalue weighted by Gasteiger charge is 2.19. The highest BCUT2D eigenvalue weighted by atomic mass is 19.1. The molecular formula is C18H15FN6O2. The molecule has 3 aromatic heterocycles. The van der Waals surface area contributed by atoms with Crippen LogP contribution in [-0.2, 0) is 0 Å². The highest BCUT2D eigenvalue weighted by molar-refractivity contribution is 6.09. The van der Waals surface area contributed by atoms with Crippen LogP contribution in [0.1, 0.15) is 17.3 Å². The predicted molar refractivity (Wildman–Crippen MR) is 96.1 cm³/mol. The Kier molecular flexibility index (Phi) is 4.25. The van der Waals surface area contributed by atoms with E-state index in [0.717, 1.165) is 0 Å². The van der Waals surface area contributed by atoms with E-state index in [9.17, 15) is 9.18 Å². The molecule has 0 spiro atoms. The van der Waals surface area contributed by atoms with Crippen molar-refractivity contribution in [3.63, 3.8) is 0 Å². The number of carbonyl (C=O) groups excluding carboxylic acids is 1. The minimum absolute atomic E-state index is 0.312. The number of halogens is 1. The largest absolute Gasteiger partial charge is 0.493 e. The first-order chi connectivity index (χ1) is 13.2. The van der Waals surface area contributed by atoms with Gasteiger partial charge in [0.25, 0.3) is 5.91 Å². The van der Waals surface area contributed by atoms with Crippen LogP contribution in [0, 0.1) is 5.82 Å². The molecule has 0 aliphatic heterocycles. The van der Waals surface area contributed by atoms with Crippen molar-refractivity contribution >= 4 is 17.2 Å². The van der Waals surface area contributed by atoms with E-state index in [4.69, 9.17) is 4.74 Å². The number of hydrogen-bond donors (Lipinski definition) is 2. The Balaban J connectivity index is 1.69. The number of aromatic amines is 1. The lowest BCUT2D eigenvalue weighted by atomic mass is 10.1. The molecule has 2 N–H and O–H groups in total. The molecule has 0 saturated carbocycles. The van der Waals surface area contributed by atoms with Crippen LogP contribution in [0.5, 0.6) is 5.75 Å². The lowest BCUT2D eigenvalue weighted by Crippen LogP contribution is -2.12. The summed E-state index contributed by atoms with van der Waals surface area (Å²) in [6.07, 6.45) is 6.24. The van der Waals surface area contributed by atoms with E-state index >= 15 is 0 Å². The van der Waals surface area contributed by atoms with Gasteiger partial charge in [0.1, 0.15) is 22.8 Å². The van der Waals surface area contributed by atoms with Gasteiger partial charge in [0.15, 0.2) is 5.65 Å². The summed E-state index contributed by atoms with van der Waals surface area (Å²) in [6, 6.07) is 5.87. The van der Waals surface area contributed by atoms with Crippen LogP contribution in [0.3, 0.4) is 0 Å². The van der Waals surface area contributed by atoms with E-state index in [0.29, 0.717) is 40.5 Å². The number of aromatic nitrogens is 5. The monoisotopic (exact) mass is 366 g/mol. The van der Waals surface area contributed by atoms with Crippen molar-refractivity contribution in [2.75, 3.05) is 11.9 Å².